The topological polar surface area (TPSA) is 72.7 Å². The number of nitro benzene ring substituents is 1. The van der Waals surface area contributed by atoms with Gasteiger partial charge >= 0.3 is 5.69 Å². The summed E-state index contributed by atoms with van der Waals surface area (Å²) in [5.74, 6) is -0.911. The Kier molecular flexibility index (Phi) is 5.70. The number of carbonyl (C=O) groups is 1. The zero-order chi connectivity index (χ0) is 17.7. The maximum atomic E-state index is 13.6. The molecule has 126 valence electrons. The highest BCUT2D eigenvalue weighted by molar-refractivity contribution is 6.30. The van der Waals surface area contributed by atoms with Crippen LogP contribution < -0.4 is 4.74 Å². The molecule has 2 aromatic rings. The Labute approximate surface area is 142 Å². The van der Waals surface area contributed by atoms with E-state index < -0.39 is 23.3 Å². The van der Waals surface area contributed by atoms with E-state index in [4.69, 9.17) is 16.3 Å². The van der Waals surface area contributed by atoms with Crippen molar-refractivity contribution in [1.82, 2.24) is 4.90 Å². The molecule has 0 bridgehead atoms. The lowest BCUT2D eigenvalue weighted by molar-refractivity contribution is -0.385. The van der Waals surface area contributed by atoms with E-state index in [-0.39, 0.29) is 23.0 Å². The number of carbonyl (C=O) groups excluding carboxylic acids is 1. The Hall–Kier alpha value is -2.67. The quantitative estimate of drug-likeness (QED) is 0.589. The molecule has 8 heteroatoms. The number of hydrogen-bond donors (Lipinski definition) is 0. The molecule has 0 spiro atoms. The van der Waals surface area contributed by atoms with Crippen molar-refractivity contribution in [2.24, 2.45) is 0 Å². The SMILES string of the molecule is CN(Cc1ccccc1F)C(=O)COc1ccc(Cl)cc1[N+](=O)[O-]. The minimum absolute atomic E-state index is 0.0583. The predicted molar refractivity (Wildman–Crippen MR) is 86.5 cm³/mol. The monoisotopic (exact) mass is 352 g/mol. The molecule has 0 saturated carbocycles. The van der Waals surface area contributed by atoms with Crippen LogP contribution in [0, 0.1) is 15.9 Å². The van der Waals surface area contributed by atoms with Gasteiger partial charge in [0.2, 0.25) is 0 Å². The summed E-state index contributed by atoms with van der Waals surface area (Å²) in [4.78, 5) is 23.7. The molecular formula is C16H14ClFN2O4. The van der Waals surface area contributed by atoms with Crippen LogP contribution in [0.25, 0.3) is 0 Å². The highest BCUT2D eigenvalue weighted by Gasteiger charge is 2.18. The van der Waals surface area contributed by atoms with E-state index in [1.807, 2.05) is 0 Å². The van der Waals surface area contributed by atoms with E-state index in [1.165, 1.54) is 30.1 Å². The molecule has 0 aromatic heterocycles. The molecule has 0 saturated heterocycles. The first-order valence-electron chi connectivity index (χ1n) is 6.92. The highest BCUT2D eigenvalue weighted by atomic mass is 35.5. The Bertz CT molecular complexity index is 769. The van der Waals surface area contributed by atoms with Crippen molar-refractivity contribution in [3.8, 4) is 5.75 Å². The third kappa shape index (κ3) is 4.42. The van der Waals surface area contributed by atoms with Gasteiger partial charge in [0.15, 0.2) is 12.4 Å². The number of halogens is 2. The van der Waals surface area contributed by atoms with Crippen molar-refractivity contribution in [3.63, 3.8) is 0 Å². The van der Waals surface area contributed by atoms with Crippen molar-refractivity contribution in [2.45, 2.75) is 6.54 Å². The fraction of sp³-hybridized carbons (Fsp3) is 0.188. The van der Waals surface area contributed by atoms with Crippen molar-refractivity contribution in [2.75, 3.05) is 13.7 Å². The number of nitro groups is 1. The van der Waals surface area contributed by atoms with Gasteiger partial charge in [0.1, 0.15) is 5.82 Å². The van der Waals surface area contributed by atoms with Crippen LogP contribution in [0.2, 0.25) is 5.02 Å². The van der Waals surface area contributed by atoms with Crippen molar-refractivity contribution >= 4 is 23.2 Å². The van der Waals surface area contributed by atoms with Crippen molar-refractivity contribution < 1.29 is 18.8 Å². The average Bonchev–Trinajstić information content (AvgIpc) is 2.55. The fourth-order valence-electron chi connectivity index (χ4n) is 1.98. The largest absolute Gasteiger partial charge is 0.477 e. The number of amides is 1. The van der Waals surface area contributed by atoms with Crippen molar-refractivity contribution in [3.05, 3.63) is 69.0 Å². The summed E-state index contributed by atoms with van der Waals surface area (Å²) in [7, 11) is 1.49. The number of likely N-dealkylation sites (N-methyl/N-ethyl adjacent to an activating group) is 1. The van der Waals surface area contributed by atoms with E-state index >= 15 is 0 Å². The first kappa shape index (κ1) is 17.7. The van der Waals surface area contributed by atoms with Crippen LogP contribution in [0.5, 0.6) is 5.75 Å². The predicted octanol–water partition coefficient (Wildman–Crippen LogP) is 3.42. The second-order valence-corrected chi connectivity index (χ2v) is 5.44. The summed E-state index contributed by atoms with van der Waals surface area (Å²) < 4.78 is 18.8. The Morgan fingerprint density at radius 2 is 2.04 bits per heavy atom. The van der Waals surface area contributed by atoms with Gasteiger partial charge in [0, 0.05) is 30.2 Å². The van der Waals surface area contributed by atoms with Crippen LogP contribution in [0.15, 0.2) is 42.5 Å². The third-order valence-corrected chi connectivity index (χ3v) is 3.50. The molecule has 6 nitrogen and oxygen atoms in total. The summed E-state index contributed by atoms with van der Waals surface area (Å²) in [5.41, 5.74) is 0.0397. The van der Waals surface area contributed by atoms with Crippen LogP contribution in [0.4, 0.5) is 10.1 Å². The van der Waals surface area contributed by atoms with E-state index in [1.54, 1.807) is 18.2 Å². The minimum Gasteiger partial charge on any atom is -0.477 e. The lowest BCUT2D eigenvalue weighted by Gasteiger charge is -2.18. The third-order valence-electron chi connectivity index (χ3n) is 3.26. The molecule has 0 aliphatic carbocycles. The molecule has 0 unspecified atom stereocenters. The molecule has 0 atom stereocenters. The second-order valence-electron chi connectivity index (χ2n) is 5.00. The van der Waals surface area contributed by atoms with Crippen LogP contribution in [0.3, 0.4) is 0 Å². The summed E-state index contributed by atoms with van der Waals surface area (Å²) >= 11 is 5.71. The number of hydrogen-bond acceptors (Lipinski definition) is 4. The number of nitrogens with zero attached hydrogens (tertiary/aromatic N) is 2. The zero-order valence-electron chi connectivity index (χ0n) is 12.7. The summed E-state index contributed by atoms with van der Waals surface area (Å²) in [6.45, 7) is -0.342. The van der Waals surface area contributed by atoms with Gasteiger partial charge in [-0.15, -0.1) is 0 Å². The normalized spacial score (nSPS) is 10.3. The van der Waals surface area contributed by atoms with E-state index in [9.17, 15) is 19.3 Å². The van der Waals surface area contributed by atoms with E-state index in [0.29, 0.717) is 5.56 Å². The van der Waals surface area contributed by atoms with Gasteiger partial charge in [-0.05, 0) is 18.2 Å². The number of ether oxygens (including phenoxy) is 1. The molecule has 0 radical (unpaired) electrons. The maximum Gasteiger partial charge on any atom is 0.312 e. The molecule has 2 aromatic carbocycles. The number of benzene rings is 2. The summed E-state index contributed by atoms with van der Waals surface area (Å²) in [6.07, 6.45) is 0. The van der Waals surface area contributed by atoms with Gasteiger partial charge in [0.05, 0.1) is 4.92 Å². The first-order valence-corrected chi connectivity index (χ1v) is 7.30. The average molecular weight is 353 g/mol. The van der Waals surface area contributed by atoms with Crippen LogP contribution in [-0.4, -0.2) is 29.4 Å². The van der Waals surface area contributed by atoms with Crippen LogP contribution >= 0.6 is 11.6 Å². The van der Waals surface area contributed by atoms with Crippen molar-refractivity contribution in [1.29, 1.82) is 0 Å². The Morgan fingerprint density at radius 3 is 2.71 bits per heavy atom. The maximum absolute atomic E-state index is 13.6. The standard InChI is InChI=1S/C16H14ClFN2O4/c1-19(9-11-4-2-3-5-13(11)18)16(21)10-24-15-7-6-12(17)8-14(15)20(22)23/h2-8H,9-10H2,1H3. The van der Waals surface area contributed by atoms with E-state index in [2.05, 4.69) is 0 Å². The first-order chi connectivity index (χ1) is 11.4. The lowest BCUT2D eigenvalue weighted by Crippen LogP contribution is -2.31. The molecular weight excluding hydrogens is 339 g/mol. The fourth-order valence-corrected chi connectivity index (χ4v) is 2.14. The van der Waals surface area contributed by atoms with Crippen LogP contribution in [0.1, 0.15) is 5.56 Å². The molecule has 0 N–H and O–H groups in total. The lowest BCUT2D eigenvalue weighted by atomic mass is 10.2. The van der Waals surface area contributed by atoms with Gasteiger partial charge in [-0.3, -0.25) is 14.9 Å². The molecule has 2 rings (SSSR count). The molecule has 0 fully saturated rings. The van der Waals surface area contributed by atoms with Crippen LogP contribution in [-0.2, 0) is 11.3 Å². The zero-order valence-corrected chi connectivity index (χ0v) is 13.5. The second kappa shape index (κ2) is 7.74. The Balaban J connectivity index is 2.00. The molecule has 0 aliphatic rings. The minimum atomic E-state index is -0.644. The number of rotatable bonds is 6. The summed E-state index contributed by atoms with van der Waals surface area (Å²) in [5, 5.41) is 11.2. The molecule has 0 aliphatic heterocycles. The highest BCUT2D eigenvalue weighted by Crippen LogP contribution is 2.29. The molecule has 24 heavy (non-hydrogen) atoms. The van der Waals surface area contributed by atoms with Gasteiger partial charge in [0.25, 0.3) is 5.91 Å². The van der Waals surface area contributed by atoms with E-state index in [0.717, 1.165) is 6.07 Å². The van der Waals surface area contributed by atoms with Gasteiger partial charge in [-0.25, -0.2) is 4.39 Å². The van der Waals surface area contributed by atoms with Gasteiger partial charge in [-0.1, -0.05) is 29.8 Å². The van der Waals surface area contributed by atoms with Gasteiger partial charge < -0.3 is 9.64 Å². The Morgan fingerprint density at radius 1 is 1.33 bits per heavy atom. The summed E-state index contributed by atoms with van der Waals surface area (Å²) in [6, 6.07) is 10.0. The molecule has 0 heterocycles. The molecule has 1 amide bonds. The smallest absolute Gasteiger partial charge is 0.312 e. The van der Waals surface area contributed by atoms with Gasteiger partial charge in [-0.2, -0.15) is 0 Å².